The Morgan fingerprint density at radius 2 is 1.18 bits per heavy atom. The summed E-state index contributed by atoms with van der Waals surface area (Å²) < 4.78 is 0. The Labute approximate surface area is 210 Å². The van der Waals surface area contributed by atoms with Crippen LogP contribution in [-0.4, -0.2) is 7.05 Å². The molecule has 0 bridgehead atoms. The van der Waals surface area contributed by atoms with Gasteiger partial charge in [0.05, 0.1) is 0 Å². The first-order chi connectivity index (χ1) is 16.6. The Hall–Kier alpha value is -3.32. The monoisotopic (exact) mass is 457 g/mol. The third kappa shape index (κ3) is 11.0. The van der Waals surface area contributed by atoms with Crippen LogP contribution in [0.2, 0.25) is 0 Å². The van der Waals surface area contributed by atoms with Gasteiger partial charge >= 0.3 is 0 Å². The minimum Gasteiger partial charge on any atom is -0.344 e. The van der Waals surface area contributed by atoms with Crippen LogP contribution < -0.4 is 15.3 Å². The highest BCUT2D eigenvalue weighted by Crippen LogP contribution is 2.25. The smallest absolute Gasteiger partial charge is 0.0481 e. The van der Waals surface area contributed by atoms with Crippen molar-refractivity contribution in [1.29, 1.82) is 0 Å². The Kier molecular flexibility index (Phi) is 20.8. The molecule has 0 saturated heterocycles. The number of allylic oxidation sites excluding steroid dienone is 7. The summed E-state index contributed by atoms with van der Waals surface area (Å²) in [4.78, 5) is 2.12. The molecule has 2 aromatic rings. The zero-order chi connectivity index (χ0) is 26.4. The van der Waals surface area contributed by atoms with Crippen LogP contribution in [0.25, 0.3) is 12.2 Å². The lowest BCUT2D eigenvalue weighted by molar-refractivity contribution is 1.12. The highest BCUT2D eigenvalue weighted by atomic mass is 15.1. The van der Waals surface area contributed by atoms with Crippen molar-refractivity contribution in [1.82, 2.24) is 0 Å². The molecule has 0 aromatic heterocycles. The Balaban J connectivity index is 0. The topological polar surface area (TPSA) is 3.24 Å². The summed E-state index contributed by atoms with van der Waals surface area (Å²) in [6, 6.07) is 18.6. The minimum absolute atomic E-state index is 1.04. The van der Waals surface area contributed by atoms with E-state index in [4.69, 9.17) is 0 Å². The molecule has 0 heterocycles. The van der Waals surface area contributed by atoms with Gasteiger partial charge in [0.25, 0.3) is 0 Å². The molecule has 0 spiro atoms. The van der Waals surface area contributed by atoms with Crippen LogP contribution in [-0.2, 0) is 0 Å². The van der Waals surface area contributed by atoms with E-state index in [0.29, 0.717) is 0 Å². The van der Waals surface area contributed by atoms with Gasteiger partial charge in [0, 0.05) is 24.0 Å². The fourth-order valence-corrected chi connectivity index (χ4v) is 3.15. The molecule has 0 saturated carbocycles. The van der Waals surface area contributed by atoms with Gasteiger partial charge in [0.15, 0.2) is 0 Å². The quantitative estimate of drug-likeness (QED) is 0.392. The van der Waals surface area contributed by atoms with E-state index in [1.54, 1.807) is 0 Å². The van der Waals surface area contributed by atoms with Crippen molar-refractivity contribution in [3.63, 3.8) is 0 Å². The van der Waals surface area contributed by atoms with E-state index >= 15 is 0 Å². The molecule has 1 nitrogen and oxygen atoms in total. The third-order valence-electron chi connectivity index (χ3n) is 4.76. The van der Waals surface area contributed by atoms with Crippen molar-refractivity contribution in [2.75, 3.05) is 11.9 Å². The lowest BCUT2D eigenvalue weighted by Crippen LogP contribution is -2.22. The number of hydrogen-bond donors (Lipinski definition) is 0. The van der Waals surface area contributed by atoms with Crippen molar-refractivity contribution in [2.24, 2.45) is 0 Å². The molecule has 0 aliphatic rings. The fraction of sp³-hybridized carbons (Fsp3) is 0.273. The predicted molar refractivity (Wildman–Crippen MR) is 160 cm³/mol. The highest BCUT2D eigenvalue weighted by molar-refractivity contribution is 5.60. The molecule has 0 amide bonds. The lowest BCUT2D eigenvalue weighted by atomic mass is 10.0. The molecule has 0 aliphatic carbocycles. The van der Waals surface area contributed by atoms with Gasteiger partial charge < -0.3 is 4.90 Å². The zero-order valence-corrected chi connectivity index (χ0v) is 23.1. The highest BCUT2D eigenvalue weighted by Gasteiger charge is 2.10. The van der Waals surface area contributed by atoms with E-state index in [1.807, 2.05) is 85.0 Å². The van der Waals surface area contributed by atoms with Gasteiger partial charge in [-0.15, -0.1) is 0 Å². The first kappa shape index (κ1) is 32.9. The van der Waals surface area contributed by atoms with E-state index < -0.39 is 0 Å². The van der Waals surface area contributed by atoms with Gasteiger partial charge in [0.2, 0.25) is 0 Å². The molecule has 0 fully saturated rings. The molecule has 184 valence electrons. The molecule has 0 radical (unpaired) electrons. The first-order valence-corrected chi connectivity index (χ1v) is 12.3. The van der Waals surface area contributed by atoms with E-state index in [0.717, 1.165) is 22.5 Å². The van der Waals surface area contributed by atoms with Gasteiger partial charge in [0.1, 0.15) is 0 Å². The number of rotatable bonds is 6. The summed E-state index contributed by atoms with van der Waals surface area (Å²) in [7, 11) is 2.04. The fourth-order valence-electron chi connectivity index (χ4n) is 3.15. The minimum atomic E-state index is 1.04. The average Bonchev–Trinajstić information content (AvgIpc) is 2.93. The van der Waals surface area contributed by atoms with Crippen LogP contribution in [0, 0.1) is 0 Å². The zero-order valence-electron chi connectivity index (χ0n) is 23.1. The largest absolute Gasteiger partial charge is 0.344 e. The Morgan fingerprint density at radius 1 is 0.706 bits per heavy atom. The van der Waals surface area contributed by atoms with Crippen LogP contribution in [0.1, 0.15) is 55.4 Å². The maximum absolute atomic E-state index is 3.95. The molecule has 34 heavy (non-hydrogen) atoms. The van der Waals surface area contributed by atoms with Crippen LogP contribution in [0.3, 0.4) is 0 Å². The van der Waals surface area contributed by atoms with Gasteiger partial charge in [-0.1, -0.05) is 120 Å². The van der Waals surface area contributed by atoms with Crippen molar-refractivity contribution < 1.29 is 0 Å². The molecule has 0 N–H and O–H groups in total. The molecule has 1 heteroatoms. The second-order valence-corrected chi connectivity index (χ2v) is 6.55. The van der Waals surface area contributed by atoms with E-state index in [1.165, 1.54) is 10.4 Å². The first-order valence-electron chi connectivity index (χ1n) is 12.3. The maximum Gasteiger partial charge on any atom is 0.0481 e. The van der Waals surface area contributed by atoms with Crippen LogP contribution >= 0.6 is 0 Å². The van der Waals surface area contributed by atoms with Gasteiger partial charge in [-0.25, -0.2) is 0 Å². The number of para-hydroxylation sites is 1. The second kappa shape index (κ2) is 21.5. The Bertz CT molecular complexity index is 985. The maximum atomic E-state index is 3.95. The summed E-state index contributed by atoms with van der Waals surface area (Å²) in [6.45, 7) is 24.1. The summed E-state index contributed by atoms with van der Waals surface area (Å²) in [5.41, 5.74) is 4.38. The van der Waals surface area contributed by atoms with Crippen LogP contribution in [0.15, 0.2) is 115 Å². The summed E-state index contributed by atoms with van der Waals surface area (Å²) in [5.74, 6) is 0. The summed E-state index contributed by atoms with van der Waals surface area (Å²) in [5, 5.41) is 2.62. The molecule has 2 rings (SSSR count). The summed E-state index contributed by atoms with van der Waals surface area (Å²) >= 11 is 0. The van der Waals surface area contributed by atoms with E-state index in [9.17, 15) is 0 Å². The van der Waals surface area contributed by atoms with Gasteiger partial charge in [-0.2, -0.15) is 0 Å². The van der Waals surface area contributed by atoms with Crippen LogP contribution in [0.5, 0.6) is 0 Å². The number of anilines is 1. The molecule has 0 aliphatic heterocycles. The number of benzene rings is 2. The number of likely N-dealkylation sites (N-methyl/N-ethyl adjacent to an activating group) is 1. The van der Waals surface area contributed by atoms with Crippen molar-refractivity contribution in [3.8, 4) is 0 Å². The van der Waals surface area contributed by atoms with Crippen molar-refractivity contribution in [3.05, 3.63) is 125 Å². The average molecular weight is 458 g/mol. The molecule has 0 unspecified atom stereocenters. The Morgan fingerprint density at radius 3 is 1.53 bits per heavy atom. The van der Waals surface area contributed by atoms with Gasteiger partial charge in [-0.3, -0.25) is 0 Å². The van der Waals surface area contributed by atoms with Crippen LogP contribution in [0.4, 0.5) is 5.69 Å². The van der Waals surface area contributed by atoms with E-state index in [-0.39, 0.29) is 0 Å². The molecular weight excluding hydrogens is 410 g/mol. The summed E-state index contributed by atoms with van der Waals surface area (Å²) in [6.07, 6.45) is 14.2. The normalized spacial score (nSPS) is 12.2. The lowest BCUT2D eigenvalue weighted by Gasteiger charge is -2.23. The SMILES string of the molecule is C/C=c1/cccc/c1=C/C.C=CC(=C(\C=C)N(C)c1ccccc1)/C(/C=C\C)=C/C.CC.CC. The van der Waals surface area contributed by atoms with Crippen molar-refractivity contribution in [2.45, 2.75) is 55.4 Å². The second-order valence-electron chi connectivity index (χ2n) is 6.55. The predicted octanol–water partition coefficient (Wildman–Crippen LogP) is 8.61. The third-order valence-corrected chi connectivity index (χ3v) is 4.76. The number of hydrogen-bond acceptors (Lipinski definition) is 1. The number of nitrogens with zero attached hydrogens (tertiary/aromatic N) is 1. The standard InChI is InChI=1S/C19H23N.C10H12.2C2H6/c1-6-13-16(7-2)18(8-3)19(9-4)20(5)17-14-11-10-12-15-17;1-3-9-7-5-6-8-10(9)4-2;2*1-2/h6-15H,3-4H2,1-2,5H3;3-8H,1-2H3;2*1-2H3/b13-6-,16-7+,19-18-;9-3-,10-4-;;. The molecule has 0 atom stereocenters. The van der Waals surface area contributed by atoms with Crippen molar-refractivity contribution >= 4 is 17.8 Å². The molecular formula is C33H47N. The van der Waals surface area contributed by atoms with Gasteiger partial charge in [-0.05, 0) is 61.9 Å². The molecule has 2 aromatic carbocycles. The van der Waals surface area contributed by atoms with E-state index in [2.05, 4.69) is 92.6 Å².